The number of hydrogen-bond donors (Lipinski definition) is 0. The third kappa shape index (κ3) is 5.15. The first-order valence-corrected chi connectivity index (χ1v) is 13.5. The Morgan fingerprint density at radius 3 is 2.44 bits per heavy atom. The maximum atomic E-state index is 13.7. The molecule has 198 valence electrons. The minimum Gasteiger partial charge on any atom is -0.422 e. The van der Waals surface area contributed by atoms with Crippen LogP contribution in [0.25, 0.3) is 0 Å². The van der Waals surface area contributed by atoms with Gasteiger partial charge in [-0.15, -0.1) is 11.3 Å². The van der Waals surface area contributed by atoms with Crippen molar-refractivity contribution in [3.63, 3.8) is 0 Å². The summed E-state index contributed by atoms with van der Waals surface area (Å²) in [4.78, 5) is 66.5. The summed E-state index contributed by atoms with van der Waals surface area (Å²) in [6, 6.07) is 15.5. The van der Waals surface area contributed by atoms with E-state index in [1.54, 1.807) is 29.6 Å². The zero-order valence-electron chi connectivity index (χ0n) is 20.8. The van der Waals surface area contributed by atoms with E-state index in [9.17, 15) is 24.0 Å². The van der Waals surface area contributed by atoms with Gasteiger partial charge in [0.15, 0.2) is 5.78 Å². The van der Waals surface area contributed by atoms with Gasteiger partial charge < -0.3 is 4.74 Å². The van der Waals surface area contributed by atoms with Gasteiger partial charge >= 0.3 is 5.97 Å². The Bertz CT molecular complexity index is 1480. The number of thiophene rings is 1. The van der Waals surface area contributed by atoms with Crippen LogP contribution in [-0.4, -0.2) is 46.0 Å². The van der Waals surface area contributed by atoms with E-state index >= 15 is 0 Å². The number of allylic oxidation sites excluding steroid dienone is 2. The molecule has 0 N–H and O–H groups in total. The van der Waals surface area contributed by atoms with Crippen LogP contribution in [0.15, 0.2) is 78.2 Å². The van der Waals surface area contributed by atoms with E-state index in [0.29, 0.717) is 11.3 Å². The molecule has 3 amide bonds. The van der Waals surface area contributed by atoms with Crippen molar-refractivity contribution in [2.45, 2.75) is 13.3 Å². The quantitative estimate of drug-likeness (QED) is 0.131. The fourth-order valence-electron chi connectivity index (χ4n) is 4.86. The van der Waals surface area contributed by atoms with E-state index in [4.69, 9.17) is 16.3 Å². The molecule has 2 heterocycles. The van der Waals surface area contributed by atoms with E-state index in [-0.39, 0.29) is 27.8 Å². The molecular weight excluding hydrogens is 540 g/mol. The van der Waals surface area contributed by atoms with Crippen molar-refractivity contribution in [2.24, 2.45) is 17.8 Å². The SMILES string of the molecule is C[C@@H]1C=CC[C@@H]2C(=O)N(N(CC(=O)c3ccc(OC(=O)c4cccs4)cc3)C(=O)c3ccccc3Cl)C(=O)[C@H]12. The van der Waals surface area contributed by atoms with E-state index in [0.717, 1.165) is 10.0 Å². The summed E-state index contributed by atoms with van der Waals surface area (Å²) in [5, 5.41) is 3.60. The summed E-state index contributed by atoms with van der Waals surface area (Å²) in [5.74, 6) is -3.99. The number of carbonyl (C=O) groups excluding carboxylic acids is 5. The molecule has 1 aliphatic carbocycles. The maximum absolute atomic E-state index is 13.7. The molecule has 1 aliphatic heterocycles. The van der Waals surface area contributed by atoms with Crippen molar-refractivity contribution >= 4 is 52.4 Å². The monoisotopic (exact) mass is 562 g/mol. The van der Waals surface area contributed by atoms with E-state index in [1.807, 2.05) is 19.1 Å². The summed E-state index contributed by atoms with van der Waals surface area (Å²) in [6.45, 7) is 1.28. The highest BCUT2D eigenvalue weighted by Crippen LogP contribution is 2.39. The Labute approximate surface area is 233 Å². The summed E-state index contributed by atoms with van der Waals surface area (Å²) in [6.07, 6.45) is 4.12. The molecule has 1 fully saturated rings. The van der Waals surface area contributed by atoms with Crippen molar-refractivity contribution < 1.29 is 28.7 Å². The zero-order valence-corrected chi connectivity index (χ0v) is 22.4. The van der Waals surface area contributed by atoms with Crippen LogP contribution in [0.1, 0.15) is 43.7 Å². The van der Waals surface area contributed by atoms with Gasteiger partial charge in [0.1, 0.15) is 17.2 Å². The molecule has 1 aromatic heterocycles. The van der Waals surface area contributed by atoms with Crippen LogP contribution in [-0.2, 0) is 9.59 Å². The molecule has 3 atom stereocenters. The van der Waals surface area contributed by atoms with Crippen LogP contribution in [0.2, 0.25) is 5.02 Å². The zero-order chi connectivity index (χ0) is 27.7. The lowest BCUT2D eigenvalue weighted by atomic mass is 9.78. The van der Waals surface area contributed by atoms with Crippen LogP contribution in [0.5, 0.6) is 5.75 Å². The van der Waals surface area contributed by atoms with Crippen LogP contribution in [0, 0.1) is 17.8 Å². The third-order valence-electron chi connectivity index (χ3n) is 6.83. The summed E-state index contributed by atoms with van der Waals surface area (Å²) < 4.78 is 5.34. The lowest BCUT2D eigenvalue weighted by Crippen LogP contribution is -2.52. The molecule has 0 radical (unpaired) electrons. The van der Waals surface area contributed by atoms with E-state index in [1.165, 1.54) is 47.7 Å². The number of halogens is 1. The fourth-order valence-corrected chi connectivity index (χ4v) is 5.68. The number of carbonyl (C=O) groups is 5. The number of nitrogens with zero attached hydrogens (tertiary/aromatic N) is 2. The standard InChI is InChI=1S/C29H23ClN2O6S/c1-17-6-4-8-21-25(17)28(36)32(27(21)35)31(26(34)20-7-2-3-9-22(20)30)16-23(33)18-11-13-19(14-12-18)38-29(37)24-10-5-15-39-24/h2-7,9-15,17,21,25H,8,16H2,1H3/t17-,21+,25-/m1/s1. The number of ether oxygens (including phenoxy) is 1. The molecule has 0 bridgehead atoms. The van der Waals surface area contributed by atoms with Gasteiger partial charge in [-0.25, -0.2) is 9.80 Å². The van der Waals surface area contributed by atoms with Crippen molar-refractivity contribution in [1.29, 1.82) is 0 Å². The largest absolute Gasteiger partial charge is 0.422 e. The van der Waals surface area contributed by atoms with Gasteiger partial charge in [0, 0.05) is 5.56 Å². The number of rotatable bonds is 7. The molecule has 8 nitrogen and oxygen atoms in total. The molecule has 0 spiro atoms. The normalized spacial score (nSPS) is 20.1. The maximum Gasteiger partial charge on any atom is 0.353 e. The van der Waals surface area contributed by atoms with Gasteiger partial charge in [-0.1, -0.05) is 48.9 Å². The number of fused-ring (bicyclic) bond motifs is 1. The number of benzene rings is 2. The number of hydrazine groups is 1. The van der Waals surface area contributed by atoms with Gasteiger partial charge in [-0.3, -0.25) is 19.2 Å². The first kappa shape index (κ1) is 26.5. The van der Waals surface area contributed by atoms with Crippen LogP contribution < -0.4 is 4.74 Å². The topological polar surface area (TPSA) is 101 Å². The van der Waals surface area contributed by atoms with Crippen molar-refractivity contribution in [2.75, 3.05) is 6.54 Å². The van der Waals surface area contributed by atoms with Gasteiger partial charge in [-0.05, 0) is 60.2 Å². The predicted octanol–water partition coefficient (Wildman–Crippen LogP) is 5.06. The van der Waals surface area contributed by atoms with Gasteiger partial charge in [0.25, 0.3) is 17.7 Å². The molecule has 2 aromatic carbocycles. The molecule has 2 aliphatic rings. The Kier molecular flexibility index (Phi) is 7.45. The molecule has 1 saturated heterocycles. The second kappa shape index (κ2) is 11.0. The number of esters is 1. The average molecular weight is 563 g/mol. The highest BCUT2D eigenvalue weighted by Gasteiger charge is 2.53. The molecule has 39 heavy (non-hydrogen) atoms. The molecular formula is C29H23ClN2O6S. The highest BCUT2D eigenvalue weighted by molar-refractivity contribution is 7.12. The minimum absolute atomic E-state index is 0.0597. The van der Waals surface area contributed by atoms with Gasteiger partial charge in [0.2, 0.25) is 0 Å². The lowest BCUT2D eigenvalue weighted by molar-refractivity contribution is -0.154. The number of hydrogen-bond acceptors (Lipinski definition) is 7. The molecule has 10 heteroatoms. The minimum atomic E-state index is -0.739. The van der Waals surface area contributed by atoms with Crippen LogP contribution >= 0.6 is 22.9 Å². The third-order valence-corrected chi connectivity index (χ3v) is 8.01. The first-order chi connectivity index (χ1) is 18.8. The Balaban J connectivity index is 1.41. The molecule has 3 aromatic rings. The highest BCUT2D eigenvalue weighted by atomic mass is 35.5. The molecule has 0 saturated carbocycles. The summed E-state index contributed by atoms with van der Waals surface area (Å²) in [5.41, 5.74) is 0.263. The van der Waals surface area contributed by atoms with Crippen molar-refractivity contribution in [1.82, 2.24) is 10.0 Å². The van der Waals surface area contributed by atoms with Crippen LogP contribution in [0.3, 0.4) is 0 Å². The number of imide groups is 1. The number of ketones is 1. The Morgan fingerprint density at radius 2 is 1.77 bits per heavy atom. The molecule has 5 rings (SSSR count). The van der Waals surface area contributed by atoms with Gasteiger partial charge in [-0.2, -0.15) is 5.01 Å². The Hall–Kier alpha value is -4.08. The lowest BCUT2D eigenvalue weighted by Gasteiger charge is -2.30. The second-order valence-corrected chi connectivity index (χ2v) is 10.7. The smallest absolute Gasteiger partial charge is 0.353 e. The molecule has 0 unspecified atom stereocenters. The number of amides is 3. The summed E-state index contributed by atoms with van der Waals surface area (Å²) in [7, 11) is 0. The van der Waals surface area contributed by atoms with Crippen molar-refractivity contribution in [3.8, 4) is 5.75 Å². The van der Waals surface area contributed by atoms with Crippen molar-refractivity contribution in [3.05, 3.63) is 99.2 Å². The van der Waals surface area contributed by atoms with Crippen LogP contribution in [0.4, 0.5) is 0 Å². The number of Topliss-reactive ketones (excluding diaryl/α,β-unsaturated/α-hetero) is 1. The second-order valence-electron chi connectivity index (χ2n) is 9.30. The summed E-state index contributed by atoms with van der Waals surface area (Å²) >= 11 is 7.51. The fraction of sp³-hybridized carbons (Fsp3) is 0.207. The van der Waals surface area contributed by atoms with E-state index < -0.39 is 47.9 Å². The van der Waals surface area contributed by atoms with E-state index in [2.05, 4.69) is 0 Å². The predicted molar refractivity (Wildman–Crippen MR) is 144 cm³/mol. The van der Waals surface area contributed by atoms with Gasteiger partial charge in [0.05, 0.1) is 22.4 Å². The Morgan fingerprint density at radius 1 is 1.03 bits per heavy atom. The first-order valence-electron chi connectivity index (χ1n) is 12.3. The average Bonchev–Trinajstić information content (AvgIpc) is 3.56.